The number of hydrogen-bond acceptors (Lipinski definition) is 1. The van der Waals surface area contributed by atoms with Gasteiger partial charge in [-0.1, -0.05) is 121 Å². The lowest BCUT2D eigenvalue weighted by molar-refractivity contribution is -0.0399. The van der Waals surface area contributed by atoms with E-state index in [0.717, 1.165) is 17.5 Å². The first kappa shape index (κ1) is 33.9. The van der Waals surface area contributed by atoms with Crippen LogP contribution < -0.4 is 4.90 Å². The highest BCUT2D eigenvalue weighted by atomic mass is 15.2. The van der Waals surface area contributed by atoms with Crippen LogP contribution in [0.1, 0.15) is 43.2 Å². The zero-order chi connectivity index (χ0) is 39.8. The maximum absolute atomic E-state index is 2.67. The molecule has 0 aliphatic heterocycles. The molecule has 0 unspecified atom stereocenters. The first-order chi connectivity index (χ1) is 30.3. The third-order valence-electron chi connectivity index (χ3n) is 15.7. The molecular weight excluding hydrogens is 739 g/mol. The maximum atomic E-state index is 2.67. The van der Waals surface area contributed by atoms with Gasteiger partial charge in [0.1, 0.15) is 0 Å². The van der Waals surface area contributed by atoms with E-state index >= 15 is 0 Å². The molecule has 1 spiro atoms. The summed E-state index contributed by atoms with van der Waals surface area (Å²) in [5.74, 6) is 3.15. The van der Waals surface area contributed by atoms with E-state index in [2.05, 4.69) is 202 Å². The largest absolute Gasteiger partial charge is 0.309 e. The Morgan fingerprint density at radius 1 is 0.410 bits per heavy atom. The molecule has 2 heterocycles. The Bertz CT molecular complexity index is 3360. The van der Waals surface area contributed by atoms with Crippen molar-refractivity contribution in [3.05, 3.63) is 199 Å². The lowest BCUT2D eigenvalue weighted by Crippen LogP contribution is -2.55. The molecule has 0 radical (unpaired) electrons. The molecule has 5 aliphatic rings. The van der Waals surface area contributed by atoms with Crippen molar-refractivity contribution in [2.24, 2.45) is 23.7 Å². The molecule has 0 saturated heterocycles. The van der Waals surface area contributed by atoms with Crippen LogP contribution in [0.15, 0.2) is 188 Å². The van der Waals surface area contributed by atoms with Gasteiger partial charge in [-0.3, -0.25) is 0 Å². The molecule has 5 aliphatic carbocycles. The minimum absolute atomic E-state index is 0.0569. The summed E-state index contributed by atoms with van der Waals surface area (Å²) in [6, 6.07) is 70.8. The number of aromatic nitrogens is 2. The number of benzene rings is 8. The molecule has 61 heavy (non-hydrogen) atoms. The quantitative estimate of drug-likeness (QED) is 0.169. The fourth-order valence-electron chi connectivity index (χ4n) is 13.8. The van der Waals surface area contributed by atoms with Crippen molar-refractivity contribution in [2.75, 3.05) is 4.90 Å². The highest BCUT2D eigenvalue weighted by molar-refractivity contribution is 6.19. The van der Waals surface area contributed by atoms with E-state index in [0.29, 0.717) is 11.8 Å². The van der Waals surface area contributed by atoms with Crippen LogP contribution in [0.4, 0.5) is 17.1 Å². The molecule has 10 aromatic rings. The summed E-state index contributed by atoms with van der Waals surface area (Å²) in [6.45, 7) is 0. The van der Waals surface area contributed by atoms with E-state index in [9.17, 15) is 0 Å². The first-order valence-electron chi connectivity index (χ1n) is 22.5. The van der Waals surface area contributed by atoms with Gasteiger partial charge in [0.15, 0.2) is 0 Å². The smallest absolute Gasteiger partial charge is 0.0782 e. The average molecular weight is 784 g/mol. The van der Waals surface area contributed by atoms with Crippen LogP contribution in [-0.4, -0.2) is 9.13 Å². The van der Waals surface area contributed by atoms with E-state index in [1.165, 1.54) is 110 Å². The summed E-state index contributed by atoms with van der Waals surface area (Å²) in [7, 11) is 0. The highest BCUT2D eigenvalue weighted by Crippen LogP contribution is 2.69. The molecule has 0 atom stereocenters. The second-order valence-electron chi connectivity index (χ2n) is 18.5. The number of fused-ring (bicyclic) bond motifs is 9. The molecule has 15 rings (SSSR count). The van der Waals surface area contributed by atoms with Gasteiger partial charge in [-0.25, -0.2) is 0 Å². The van der Waals surface area contributed by atoms with E-state index in [4.69, 9.17) is 0 Å². The van der Waals surface area contributed by atoms with Crippen molar-refractivity contribution in [3.63, 3.8) is 0 Å². The van der Waals surface area contributed by atoms with Gasteiger partial charge in [0.05, 0.1) is 33.4 Å². The number of rotatable bonds is 5. The normalized spacial score (nSPS) is 22.2. The molecule has 2 aromatic heterocycles. The van der Waals surface area contributed by atoms with E-state index in [-0.39, 0.29) is 5.41 Å². The molecule has 3 heteroatoms. The van der Waals surface area contributed by atoms with Crippen molar-refractivity contribution < 1.29 is 0 Å². The van der Waals surface area contributed by atoms with Crippen molar-refractivity contribution in [1.29, 1.82) is 0 Å². The molecule has 0 N–H and O–H groups in total. The Kier molecular flexibility index (Phi) is 7.01. The van der Waals surface area contributed by atoms with Gasteiger partial charge < -0.3 is 14.0 Å². The number of anilines is 3. The molecule has 292 valence electrons. The van der Waals surface area contributed by atoms with Crippen molar-refractivity contribution >= 4 is 60.7 Å². The van der Waals surface area contributed by atoms with Gasteiger partial charge in [-0.2, -0.15) is 0 Å². The fourth-order valence-corrected chi connectivity index (χ4v) is 13.8. The SMILES string of the molecule is c1ccc(-n2c3ccccc3c3c(N(c4ccc5c(c4)C4(c6ccccc6-5)C5CC6CC(C5)CC4C6)c4cccc5c6ccccc6n(-c6ccccc6)c45)cccc32)cc1. The molecule has 3 nitrogen and oxygen atoms in total. The number of para-hydroxylation sites is 5. The Balaban J connectivity index is 1.11. The zero-order valence-corrected chi connectivity index (χ0v) is 34.1. The van der Waals surface area contributed by atoms with Crippen molar-refractivity contribution in [3.8, 4) is 22.5 Å². The van der Waals surface area contributed by atoms with E-state index < -0.39 is 0 Å². The number of hydrogen-bond donors (Lipinski definition) is 0. The monoisotopic (exact) mass is 783 g/mol. The predicted molar refractivity (Wildman–Crippen MR) is 253 cm³/mol. The average Bonchev–Trinajstić information content (AvgIpc) is 3.94. The van der Waals surface area contributed by atoms with Gasteiger partial charge in [0.2, 0.25) is 0 Å². The Morgan fingerprint density at radius 3 is 1.72 bits per heavy atom. The molecule has 4 saturated carbocycles. The van der Waals surface area contributed by atoms with Gasteiger partial charge in [0, 0.05) is 44.0 Å². The Morgan fingerprint density at radius 2 is 0.967 bits per heavy atom. The molecule has 4 bridgehead atoms. The Hall–Kier alpha value is -6.84. The summed E-state index contributed by atoms with van der Waals surface area (Å²) in [6.07, 6.45) is 6.91. The summed E-state index contributed by atoms with van der Waals surface area (Å²) >= 11 is 0. The molecular formula is C58H45N3. The van der Waals surface area contributed by atoms with Gasteiger partial charge in [-0.15, -0.1) is 0 Å². The van der Waals surface area contributed by atoms with Crippen LogP contribution in [-0.2, 0) is 5.41 Å². The van der Waals surface area contributed by atoms with Gasteiger partial charge >= 0.3 is 0 Å². The zero-order valence-electron chi connectivity index (χ0n) is 34.1. The standard InChI is InChI=1S/C58H45N3/c1-3-15-41(16-4-1)59-52-25-12-9-21-48(52)56-53(59)26-14-27-54(56)60(55-28-13-22-47-46-20-8-11-24-51(46)61(57(47)55)42-17-5-2-6-18-42)43-29-30-45-44-19-7-10-23-49(44)58(50(45)36-43)39-32-37-31-38(34-39)35-40(58)33-37/h1-30,36-40H,31-35H2. The van der Waals surface area contributed by atoms with Crippen LogP contribution >= 0.6 is 0 Å². The van der Waals surface area contributed by atoms with Crippen LogP contribution in [0, 0.1) is 23.7 Å². The number of nitrogens with zero attached hydrogens (tertiary/aromatic N) is 3. The predicted octanol–water partition coefficient (Wildman–Crippen LogP) is 15.1. The molecule has 0 amide bonds. The van der Waals surface area contributed by atoms with Gasteiger partial charge in [-0.05, 0) is 145 Å². The minimum Gasteiger partial charge on any atom is -0.309 e. The van der Waals surface area contributed by atoms with Gasteiger partial charge in [0.25, 0.3) is 0 Å². The second-order valence-corrected chi connectivity index (χ2v) is 18.5. The maximum Gasteiger partial charge on any atom is 0.0782 e. The fraction of sp³-hybridized carbons (Fsp3) is 0.172. The third kappa shape index (κ3) is 4.53. The summed E-state index contributed by atoms with van der Waals surface area (Å²) in [4.78, 5) is 2.64. The Labute approximate surface area is 356 Å². The van der Waals surface area contributed by atoms with Crippen molar-refractivity contribution in [2.45, 2.75) is 37.5 Å². The van der Waals surface area contributed by atoms with Crippen LogP contribution in [0.5, 0.6) is 0 Å². The third-order valence-corrected chi connectivity index (χ3v) is 15.7. The second kappa shape index (κ2) is 12.6. The minimum atomic E-state index is 0.0569. The van der Waals surface area contributed by atoms with Crippen molar-refractivity contribution in [1.82, 2.24) is 9.13 Å². The van der Waals surface area contributed by atoms with E-state index in [1.807, 2.05) is 0 Å². The van der Waals surface area contributed by atoms with Crippen LogP contribution in [0.25, 0.3) is 66.1 Å². The lowest BCUT2D eigenvalue weighted by Gasteiger charge is -2.61. The van der Waals surface area contributed by atoms with Crippen LogP contribution in [0.2, 0.25) is 0 Å². The lowest BCUT2D eigenvalue weighted by atomic mass is 9.43. The van der Waals surface area contributed by atoms with E-state index in [1.54, 1.807) is 11.1 Å². The topological polar surface area (TPSA) is 13.1 Å². The first-order valence-corrected chi connectivity index (χ1v) is 22.5. The highest BCUT2D eigenvalue weighted by Gasteiger charge is 2.61. The molecule has 4 fully saturated rings. The summed E-state index contributed by atoms with van der Waals surface area (Å²) in [5, 5.41) is 5.03. The summed E-state index contributed by atoms with van der Waals surface area (Å²) < 4.78 is 4.96. The van der Waals surface area contributed by atoms with Crippen LogP contribution in [0.3, 0.4) is 0 Å². The molecule has 8 aromatic carbocycles. The summed E-state index contributed by atoms with van der Waals surface area (Å²) in [5.41, 5.74) is 16.9.